The molecule has 0 saturated heterocycles. The third-order valence-electron chi connectivity index (χ3n) is 6.61. The Morgan fingerprint density at radius 3 is 2.18 bits per heavy atom. The molecule has 2 heterocycles. The molecule has 1 saturated carbocycles. The van der Waals surface area contributed by atoms with Crippen LogP contribution in [0.3, 0.4) is 0 Å². The fourth-order valence-corrected chi connectivity index (χ4v) is 4.74. The molecule has 0 bridgehead atoms. The van der Waals surface area contributed by atoms with E-state index >= 15 is 0 Å². The van der Waals surface area contributed by atoms with Crippen LogP contribution < -0.4 is 0 Å². The zero-order valence-corrected chi connectivity index (χ0v) is 20.4. The largest absolute Gasteiger partial charge is 0.481 e. The molecule has 1 fully saturated rings. The second-order valence-corrected chi connectivity index (χ2v) is 9.29. The summed E-state index contributed by atoms with van der Waals surface area (Å²) in [4.78, 5) is 42.2. The van der Waals surface area contributed by atoms with Gasteiger partial charge in [-0.05, 0) is 55.5 Å². The highest BCUT2D eigenvalue weighted by atomic mass is 19.4. The van der Waals surface area contributed by atoms with Crippen molar-refractivity contribution in [2.24, 2.45) is 5.92 Å². The van der Waals surface area contributed by atoms with Gasteiger partial charge in [0.2, 0.25) is 0 Å². The number of halogens is 5. The van der Waals surface area contributed by atoms with Crippen LogP contribution in [0, 0.1) is 17.6 Å². The van der Waals surface area contributed by atoms with Crippen molar-refractivity contribution >= 4 is 17.7 Å². The van der Waals surface area contributed by atoms with E-state index < -0.39 is 71.8 Å². The molecule has 1 N–H and O–H groups in total. The molecule has 13 heteroatoms. The van der Waals surface area contributed by atoms with Gasteiger partial charge in [0.05, 0.1) is 30.3 Å². The summed E-state index contributed by atoms with van der Waals surface area (Å²) in [7, 11) is 0. The number of amides is 1. The van der Waals surface area contributed by atoms with Gasteiger partial charge in [-0.3, -0.25) is 24.0 Å². The van der Waals surface area contributed by atoms with Crippen molar-refractivity contribution in [1.82, 2.24) is 19.7 Å². The summed E-state index contributed by atoms with van der Waals surface area (Å²) in [6.45, 7) is -1.25. The van der Waals surface area contributed by atoms with Gasteiger partial charge < -0.3 is 10.0 Å². The van der Waals surface area contributed by atoms with E-state index in [9.17, 15) is 41.4 Å². The highest BCUT2D eigenvalue weighted by Crippen LogP contribution is 2.39. The van der Waals surface area contributed by atoms with Crippen LogP contribution in [0.2, 0.25) is 0 Å². The van der Waals surface area contributed by atoms with Crippen LogP contribution >= 0.6 is 0 Å². The normalized spacial score (nSPS) is 17.6. The van der Waals surface area contributed by atoms with Gasteiger partial charge in [0, 0.05) is 30.6 Å². The predicted octanol–water partition coefficient (Wildman–Crippen LogP) is 4.92. The maximum atomic E-state index is 14.3. The zero-order valence-electron chi connectivity index (χ0n) is 20.4. The fraction of sp³-hybridized carbons (Fsp3) is 0.346. The van der Waals surface area contributed by atoms with Crippen molar-refractivity contribution in [2.75, 3.05) is 6.54 Å². The first-order valence-electron chi connectivity index (χ1n) is 12.0. The summed E-state index contributed by atoms with van der Waals surface area (Å²) in [5.41, 5.74) is -2.10. The molecular formula is C26H23F5N4O4. The Kier molecular flexibility index (Phi) is 8.07. The standard InChI is InChI=1S/C26H23F5N4O4/c27-18-9-15(10-19(28)11-18)13-34(14-22(36)16-5-7-32-8-6-16)24(37)21-12-33-35(23(21)26(29,30)31)20-3-1-17(2-4-20)25(38)39/h5-12,17,20H,1-4,13-14H2,(H,38,39)/t17-,20-. The Labute approximate surface area is 219 Å². The Balaban J connectivity index is 1.69. The van der Waals surface area contributed by atoms with Gasteiger partial charge in [-0.15, -0.1) is 0 Å². The highest BCUT2D eigenvalue weighted by Gasteiger charge is 2.43. The molecule has 1 aliphatic rings. The molecule has 0 spiro atoms. The maximum absolute atomic E-state index is 14.3. The molecule has 8 nitrogen and oxygen atoms in total. The average Bonchev–Trinajstić information content (AvgIpc) is 3.34. The second kappa shape index (κ2) is 11.3. The fourth-order valence-electron chi connectivity index (χ4n) is 4.74. The minimum Gasteiger partial charge on any atom is -0.481 e. The van der Waals surface area contributed by atoms with Crippen LogP contribution in [0.5, 0.6) is 0 Å². The van der Waals surface area contributed by atoms with Crippen molar-refractivity contribution in [1.29, 1.82) is 0 Å². The molecule has 39 heavy (non-hydrogen) atoms. The number of carboxylic acids is 1. The van der Waals surface area contributed by atoms with E-state index in [2.05, 4.69) is 10.1 Å². The van der Waals surface area contributed by atoms with Crippen molar-refractivity contribution in [2.45, 2.75) is 44.4 Å². The molecule has 2 aromatic heterocycles. The van der Waals surface area contributed by atoms with Crippen LogP contribution in [-0.2, 0) is 17.5 Å². The number of hydrogen-bond acceptors (Lipinski definition) is 5. The number of rotatable bonds is 8. The molecule has 206 valence electrons. The summed E-state index contributed by atoms with van der Waals surface area (Å²) in [5.74, 6) is -5.45. The van der Waals surface area contributed by atoms with Crippen molar-refractivity contribution in [3.63, 3.8) is 0 Å². The number of carboxylic acid groups (broad SMARTS) is 1. The van der Waals surface area contributed by atoms with E-state index in [1.54, 1.807) is 0 Å². The van der Waals surface area contributed by atoms with Gasteiger partial charge in [0.25, 0.3) is 5.91 Å². The SMILES string of the molecule is O=C(CN(Cc1cc(F)cc(F)c1)C(=O)c1cnn([C@H]2CC[C@H](C(=O)O)CC2)c1C(F)(F)F)c1ccncc1. The van der Waals surface area contributed by atoms with E-state index in [1.807, 2.05) is 0 Å². The molecule has 4 rings (SSSR count). The quantitative estimate of drug-likeness (QED) is 0.316. The van der Waals surface area contributed by atoms with Crippen LogP contribution in [0.15, 0.2) is 48.9 Å². The smallest absolute Gasteiger partial charge is 0.433 e. The lowest BCUT2D eigenvalue weighted by atomic mass is 9.86. The molecule has 0 unspecified atom stereocenters. The van der Waals surface area contributed by atoms with Gasteiger partial charge in [0.15, 0.2) is 11.5 Å². The lowest BCUT2D eigenvalue weighted by Gasteiger charge is -2.28. The molecule has 0 atom stereocenters. The van der Waals surface area contributed by atoms with E-state index in [4.69, 9.17) is 0 Å². The second-order valence-electron chi connectivity index (χ2n) is 9.29. The number of carbonyl (C=O) groups excluding carboxylic acids is 2. The van der Waals surface area contributed by atoms with E-state index in [-0.39, 0.29) is 36.8 Å². The van der Waals surface area contributed by atoms with Crippen LogP contribution in [0.4, 0.5) is 22.0 Å². The Morgan fingerprint density at radius 2 is 1.62 bits per heavy atom. The summed E-state index contributed by atoms with van der Waals surface area (Å²) < 4.78 is 71.2. The summed E-state index contributed by atoms with van der Waals surface area (Å²) >= 11 is 0. The maximum Gasteiger partial charge on any atom is 0.433 e. The third kappa shape index (κ3) is 6.47. The zero-order chi connectivity index (χ0) is 28.3. The van der Waals surface area contributed by atoms with Crippen LogP contribution in [-0.4, -0.2) is 49.0 Å². The number of alkyl halides is 3. The number of aromatic nitrogens is 3. The lowest BCUT2D eigenvalue weighted by molar-refractivity contribution is -0.147. The third-order valence-corrected chi connectivity index (χ3v) is 6.61. The van der Waals surface area contributed by atoms with Crippen LogP contribution in [0.25, 0.3) is 0 Å². The van der Waals surface area contributed by atoms with E-state index in [0.29, 0.717) is 10.7 Å². The summed E-state index contributed by atoms with van der Waals surface area (Å²) in [6, 6.07) is 4.36. The van der Waals surface area contributed by atoms with Gasteiger partial charge >= 0.3 is 12.1 Å². The number of nitrogens with zero attached hydrogens (tertiary/aromatic N) is 4. The number of ketones is 1. The van der Waals surface area contributed by atoms with Gasteiger partial charge in [0.1, 0.15) is 11.6 Å². The monoisotopic (exact) mass is 550 g/mol. The van der Waals surface area contributed by atoms with Gasteiger partial charge in [-0.2, -0.15) is 18.3 Å². The Hall–Kier alpha value is -4.16. The van der Waals surface area contributed by atoms with Gasteiger partial charge in [-0.25, -0.2) is 8.78 Å². The molecule has 1 aliphatic carbocycles. The first kappa shape index (κ1) is 27.9. The molecule has 1 aromatic carbocycles. The number of aliphatic carboxylic acids is 1. The summed E-state index contributed by atoms with van der Waals surface area (Å²) in [5, 5.41) is 13.0. The van der Waals surface area contributed by atoms with E-state index in [1.165, 1.54) is 24.5 Å². The molecule has 0 aliphatic heterocycles. The molecule has 0 radical (unpaired) electrons. The highest BCUT2D eigenvalue weighted by molar-refractivity contribution is 6.02. The van der Waals surface area contributed by atoms with Gasteiger partial charge in [-0.1, -0.05) is 0 Å². The number of Topliss-reactive ketones (excluding diaryl/α,β-unsaturated/α-hetero) is 1. The Bertz CT molecular complexity index is 1350. The number of carbonyl (C=O) groups is 3. The first-order valence-corrected chi connectivity index (χ1v) is 12.0. The number of pyridine rings is 1. The van der Waals surface area contributed by atoms with Crippen LogP contribution in [0.1, 0.15) is 63.7 Å². The number of benzene rings is 1. The minimum absolute atomic E-state index is 0.0729. The van der Waals surface area contributed by atoms with Crippen molar-refractivity contribution < 1.29 is 41.4 Å². The molecular weight excluding hydrogens is 527 g/mol. The lowest BCUT2D eigenvalue weighted by Crippen LogP contribution is -2.36. The predicted molar refractivity (Wildman–Crippen MR) is 126 cm³/mol. The Morgan fingerprint density at radius 1 is 1.00 bits per heavy atom. The van der Waals surface area contributed by atoms with Crippen molar-refractivity contribution in [3.05, 3.63) is 82.9 Å². The first-order chi connectivity index (χ1) is 18.4. The minimum atomic E-state index is -5.02. The topological polar surface area (TPSA) is 105 Å². The molecule has 1 amide bonds. The average molecular weight is 550 g/mol. The summed E-state index contributed by atoms with van der Waals surface area (Å²) in [6.07, 6.45) is -1.08. The number of hydrogen-bond donors (Lipinski definition) is 1. The van der Waals surface area contributed by atoms with Crippen molar-refractivity contribution in [3.8, 4) is 0 Å². The molecule has 3 aromatic rings. The van der Waals surface area contributed by atoms with E-state index in [0.717, 1.165) is 23.2 Å².